The van der Waals surface area contributed by atoms with Crippen molar-refractivity contribution in [1.29, 1.82) is 0 Å². The highest BCUT2D eigenvalue weighted by molar-refractivity contribution is 5.84. The molecule has 0 fully saturated rings. The molecule has 6 heteroatoms. The smallest absolute Gasteiger partial charge is 0.326 e. The van der Waals surface area contributed by atoms with Crippen LogP contribution in [0.5, 0.6) is 5.75 Å². The average Bonchev–Trinajstić information content (AvgIpc) is 2.98. The summed E-state index contributed by atoms with van der Waals surface area (Å²) in [5.41, 5.74) is 1.01. The number of carbonyl (C=O) groups is 2. The molecule has 0 bridgehead atoms. The van der Waals surface area contributed by atoms with Gasteiger partial charge in [0.1, 0.15) is 11.8 Å². The summed E-state index contributed by atoms with van der Waals surface area (Å²) in [7, 11) is 1.62. The van der Waals surface area contributed by atoms with Gasteiger partial charge in [-0.3, -0.25) is 4.79 Å². The fraction of sp³-hybridized carbons (Fsp3) is 0.444. The minimum atomic E-state index is -0.990. The van der Waals surface area contributed by atoms with Gasteiger partial charge in [0.2, 0.25) is 5.91 Å². The standard InChI is InChI=1S/C18H24N2O4/c1-4-12(2)17(18(22)23)19-16(21)8-10-20-9-7-13-11-14(24-3)5-6-15(13)20/h5-7,9,11-12,17H,4,8,10H2,1-3H3,(H,19,21)(H,22,23)/t12-,17+/m1/s1. The summed E-state index contributed by atoms with van der Waals surface area (Å²) in [5.74, 6) is -0.559. The number of carbonyl (C=O) groups excluding carboxylic acids is 1. The van der Waals surface area contributed by atoms with Gasteiger partial charge in [0.15, 0.2) is 0 Å². The fourth-order valence-corrected chi connectivity index (χ4v) is 2.65. The second kappa shape index (κ2) is 7.86. The van der Waals surface area contributed by atoms with Crippen LogP contribution in [0.25, 0.3) is 10.9 Å². The monoisotopic (exact) mass is 332 g/mol. The third-order valence-corrected chi connectivity index (χ3v) is 4.35. The molecule has 0 unspecified atom stereocenters. The Hall–Kier alpha value is -2.50. The molecular formula is C18H24N2O4. The summed E-state index contributed by atoms with van der Waals surface area (Å²) in [6, 6.07) is 6.89. The van der Waals surface area contributed by atoms with E-state index in [0.717, 1.165) is 16.7 Å². The highest BCUT2D eigenvalue weighted by Crippen LogP contribution is 2.22. The van der Waals surface area contributed by atoms with Crippen LogP contribution in [0.2, 0.25) is 0 Å². The minimum Gasteiger partial charge on any atom is -0.497 e. The van der Waals surface area contributed by atoms with E-state index in [1.54, 1.807) is 7.11 Å². The zero-order chi connectivity index (χ0) is 17.7. The third kappa shape index (κ3) is 4.07. The maximum Gasteiger partial charge on any atom is 0.326 e. The first-order valence-electron chi connectivity index (χ1n) is 8.11. The second-order valence-corrected chi connectivity index (χ2v) is 5.95. The van der Waals surface area contributed by atoms with Crippen LogP contribution in [0.3, 0.4) is 0 Å². The largest absolute Gasteiger partial charge is 0.497 e. The van der Waals surface area contributed by atoms with Crippen LogP contribution < -0.4 is 10.1 Å². The molecule has 1 amide bonds. The molecule has 0 aliphatic heterocycles. The molecule has 2 atom stereocenters. The first-order valence-corrected chi connectivity index (χ1v) is 8.11. The van der Waals surface area contributed by atoms with Crippen LogP contribution in [-0.2, 0) is 16.1 Å². The third-order valence-electron chi connectivity index (χ3n) is 4.35. The predicted molar refractivity (Wildman–Crippen MR) is 92.1 cm³/mol. The Morgan fingerprint density at radius 3 is 2.71 bits per heavy atom. The molecule has 130 valence electrons. The van der Waals surface area contributed by atoms with Gasteiger partial charge in [-0.15, -0.1) is 0 Å². The number of nitrogens with one attached hydrogen (secondary N) is 1. The van der Waals surface area contributed by atoms with Crippen molar-refractivity contribution in [2.24, 2.45) is 5.92 Å². The Morgan fingerprint density at radius 2 is 2.08 bits per heavy atom. The lowest BCUT2D eigenvalue weighted by Crippen LogP contribution is -2.45. The Labute approximate surface area is 141 Å². The number of amides is 1. The molecule has 2 N–H and O–H groups in total. The Morgan fingerprint density at radius 1 is 1.33 bits per heavy atom. The van der Waals surface area contributed by atoms with E-state index in [-0.39, 0.29) is 18.2 Å². The topological polar surface area (TPSA) is 80.6 Å². The maximum atomic E-state index is 12.1. The summed E-state index contributed by atoms with van der Waals surface area (Å²) >= 11 is 0. The van der Waals surface area contributed by atoms with Gasteiger partial charge >= 0.3 is 5.97 Å². The average molecular weight is 332 g/mol. The Balaban J connectivity index is 2.00. The number of hydrogen-bond acceptors (Lipinski definition) is 3. The molecule has 24 heavy (non-hydrogen) atoms. The lowest BCUT2D eigenvalue weighted by atomic mass is 9.99. The number of ether oxygens (including phenoxy) is 1. The zero-order valence-electron chi connectivity index (χ0n) is 14.3. The molecule has 0 spiro atoms. The van der Waals surface area contributed by atoms with Crippen LogP contribution in [0.4, 0.5) is 0 Å². The van der Waals surface area contributed by atoms with Gasteiger partial charge in [-0.2, -0.15) is 0 Å². The van der Waals surface area contributed by atoms with E-state index in [1.807, 2.05) is 48.9 Å². The molecule has 1 aromatic heterocycles. The van der Waals surface area contributed by atoms with E-state index >= 15 is 0 Å². The van der Waals surface area contributed by atoms with E-state index in [1.165, 1.54) is 0 Å². The number of nitrogens with zero attached hydrogens (tertiary/aromatic N) is 1. The molecule has 0 aliphatic carbocycles. The lowest BCUT2D eigenvalue weighted by Gasteiger charge is -2.20. The van der Waals surface area contributed by atoms with Gasteiger partial charge < -0.3 is 19.7 Å². The van der Waals surface area contributed by atoms with Gasteiger partial charge in [0.25, 0.3) is 0 Å². The number of carboxylic acid groups (broad SMARTS) is 1. The first-order chi connectivity index (χ1) is 11.5. The number of methoxy groups -OCH3 is 1. The van der Waals surface area contributed by atoms with E-state index < -0.39 is 12.0 Å². The van der Waals surface area contributed by atoms with Crippen LogP contribution in [0, 0.1) is 5.92 Å². The van der Waals surface area contributed by atoms with E-state index in [2.05, 4.69) is 5.32 Å². The van der Waals surface area contributed by atoms with Gasteiger partial charge in [-0.25, -0.2) is 4.79 Å². The van der Waals surface area contributed by atoms with Gasteiger partial charge in [0.05, 0.1) is 7.11 Å². The van der Waals surface area contributed by atoms with Crippen molar-refractivity contribution in [2.75, 3.05) is 7.11 Å². The van der Waals surface area contributed by atoms with Crippen LogP contribution >= 0.6 is 0 Å². The molecule has 1 aromatic carbocycles. The summed E-state index contributed by atoms with van der Waals surface area (Å²) < 4.78 is 7.18. The van der Waals surface area contributed by atoms with Gasteiger partial charge in [-0.05, 0) is 30.2 Å². The van der Waals surface area contributed by atoms with Crippen LogP contribution in [-0.4, -0.2) is 34.7 Å². The summed E-state index contributed by atoms with van der Waals surface area (Å²) in [5, 5.41) is 12.9. The van der Waals surface area contributed by atoms with Crippen LogP contribution in [0.1, 0.15) is 26.7 Å². The molecule has 1 heterocycles. The number of carboxylic acids is 1. The number of fused-ring (bicyclic) bond motifs is 1. The van der Waals surface area contributed by atoms with E-state index in [0.29, 0.717) is 13.0 Å². The van der Waals surface area contributed by atoms with Crippen molar-refractivity contribution >= 4 is 22.8 Å². The van der Waals surface area contributed by atoms with Gasteiger partial charge in [-0.1, -0.05) is 20.3 Å². The maximum absolute atomic E-state index is 12.1. The molecule has 2 aromatic rings. The van der Waals surface area contributed by atoms with E-state index in [9.17, 15) is 14.7 Å². The Bertz CT molecular complexity index is 723. The predicted octanol–water partition coefficient (Wildman–Crippen LogP) is 2.66. The SMILES string of the molecule is CC[C@@H](C)[C@H](NC(=O)CCn1ccc2cc(OC)ccc21)C(=O)O. The van der Waals surface area contributed by atoms with Crippen molar-refractivity contribution in [1.82, 2.24) is 9.88 Å². The van der Waals surface area contributed by atoms with Crippen molar-refractivity contribution in [3.05, 3.63) is 30.5 Å². The van der Waals surface area contributed by atoms with Gasteiger partial charge in [0, 0.05) is 30.1 Å². The Kier molecular flexibility index (Phi) is 5.84. The van der Waals surface area contributed by atoms with E-state index in [4.69, 9.17) is 4.74 Å². The molecule has 0 saturated heterocycles. The highest BCUT2D eigenvalue weighted by atomic mass is 16.5. The van der Waals surface area contributed by atoms with Crippen molar-refractivity contribution < 1.29 is 19.4 Å². The normalized spacial score (nSPS) is 13.5. The fourth-order valence-electron chi connectivity index (χ4n) is 2.65. The van der Waals surface area contributed by atoms with Crippen molar-refractivity contribution in [2.45, 2.75) is 39.3 Å². The number of rotatable bonds is 8. The summed E-state index contributed by atoms with van der Waals surface area (Å²) in [6.45, 7) is 4.23. The lowest BCUT2D eigenvalue weighted by molar-refractivity contribution is -0.143. The molecule has 6 nitrogen and oxygen atoms in total. The van der Waals surface area contributed by atoms with Crippen LogP contribution in [0.15, 0.2) is 30.5 Å². The number of aromatic nitrogens is 1. The molecule has 0 radical (unpaired) electrons. The second-order valence-electron chi connectivity index (χ2n) is 5.95. The van der Waals surface area contributed by atoms with Crippen molar-refractivity contribution in [3.8, 4) is 5.75 Å². The molecule has 0 aliphatic rings. The first kappa shape index (κ1) is 17.8. The summed E-state index contributed by atoms with van der Waals surface area (Å²) in [6.07, 6.45) is 2.85. The highest BCUT2D eigenvalue weighted by Gasteiger charge is 2.25. The molecule has 2 rings (SSSR count). The minimum absolute atomic E-state index is 0.105. The number of hydrogen-bond donors (Lipinski definition) is 2. The number of aliphatic carboxylic acids is 1. The quantitative estimate of drug-likeness (QED) is 0.779. The number of aryl methyl sites for hydroxylation is 1. The number of benzene rings is 1. The van der Waals surface area contributed by atoms with Crippen molar-refractivity contribution in [3.63, 3.8) is 0 Å². The summed E-state index contributed by atoms with van der Waals surface area (Å²) in [4.78, 5) is 23.4. The molecular weight excluding hydrogens is 308 g/mol. The molecule has 0 saturated carbocycles. The zero-order valence-corrected chi connectivity index (χ0v) is 14.3.